The molecular formula is C15H28N2O2. The van der Waals surface area contributed by atoms with Crippen molar-refractivity contribution in [2.24, 2.45) is 5.41 Å². The number of carbonyl (C=O) groups excluding carboxylic acids is 1. The van der Waals surface area contributed by atoms with E-state index in [-0.39, 0.29) is 5.41 Å². The fraction of sp³-hybridized carbons (Fsp3) is 0.933. The zero-order valence-corrected chi connectivity index (χ0v) is 12.4. The molecule has 2 rings (SSSR count). The second-order valence-electron chi connectivity index (χ2n) is 6.01. The van der Waals surface area contributed by atoms with Crippen molar-refractivity contribution < 1.29 is 9.53 Å². The van der Waals surface area contributed by atoms with Crippen LogP contribution in [0.25, 0.3) is 0 Å². The zero-order chi connectivity index (χ0) is 13.7. The first-order valence-corrected chi connectivity index (χ1v) is 7.75. The number of likely N-dealkylation sites (tertiary alicyclic amines) is 1. The van der Waals surface area contributed by atoms with Crippen molar-refractivity contribution in [3.05, 3.63) is 0 Å². The van der Waals surface area contributed by atoms with E-state index in [4.69, 9.17) is 4.74 Å². The molecule has 110 valence electrons. The molecule has 0 saturated carbocycles. The van der Waals surface area contributed by atoms with Gasteiger partial charge in [-0.15, -0.1) is 0 Å². The van der Waals surface area contributed by atoms with Crippen LogP contribution in [-0.4, -0.2) is 50.2 Å². The highest BCUT2D eigenvalue weighted by molar-refractivity contribution is 5.83. The van der Waals surface area contributed by atoms with Crippen molar-refractivity contribution in [1.82, 2.24) is 10.2 Å². The normalized spacial score (nSPS) is 24.4. The fourth-order valence-electron chi connectivity index (χ4n) is 3.58. The Morgan fingerprint density at radius 2 is 1.95 bits per heavy atom. The molecule has 4 heteroatoms. The minimum atomic E-state index is -0.0834. The van der Waals surface area contributed by atoms with Gasteiger partial charge in [0, 0.05) is 20.2 Å². The number of nitrogens with one attached hydrogen (secondary N) is 1. The first-order chi connectivity index (χ1) is 9.22. The molecule has 0 bridgehead atoms. The lowest BCUT2D eigenvalue weighted by Crippen LogP contribution is -2.51. The maximum atomic E-state index is 12.9. The minimum absolute atomic E-state index is 0.0834. The molecule has 0 spiro atoms. The van der Waals surface area contributed by atoms with Gasteiger partial charge in [-0.05, 0) is 45.2 Å². The molecule has 0 unspecified atom stereocenters. The SMILES string of the molecule is CCCC1(C(=O)N2CCC(OC)CC2)CCNCC1. The van der Waals surface area contributed by atoms with E-state index in [1.54, 1.807) is 7.11 Å². The van der Waals surface area contributed by atoms with E-state index in [1.165, 1.54) is 0 Å². The van der Waals surface area contributed by atoms with Crippen LogP contribution in [0.2, 0.25) is 0 Å². The Kier molecular flexibility index (Phi) is 5.22. The molecule has 2 heterocycles. The first kappa shape index (κ1) is 14.8. The van der Waals surface area contributed by atoms with Crippen LogP contribution in [0.1, 0.15) is 45.4 Å². The van der Waals surface area contributed by atoms with Gasteiger partial charge in [0.05, 0.1) is 11.5 Å². The molecule has 0 aromatic rings. The number of methoxy groups -OCH3 is 1. The fourth-order valence-corrected chi connectivity index (χ4v) is 3.58. The van der Waals surface area contributed by atoms with Gasteiger partial charge in [-0.1, -0.05) is 13.3 Å². The van der Waals surface area contributed by atoms with Gasteiger partial charge >= 0.3 is 0 Å². The molecular weight excluding hydrogens is 240 g/mol. The quantitative estimate of drug-likeness (QED) is 0.845. The van der Waals surface area contributed by atoms with Crippen molar-refractivity contribution >= 4 is 5.91 Å². The summed E-state index contributed by atoms with van der Waals surface area (Å²) >= 11 is 0. The van der Waals surface area contributed by atoms with Crippen LogP contribution in [0.15, 0.2) is 0 Å². The Balaban J connectivity index is 1.99. The highest BCUT2D eigenvalue weighted by atomic mass is 16.5. The van der Waals surface area contributed by atoms with Gasteiger partial charge in [0.1, 0.15) is 0 Å². The molecule has 0 atom stereocenters. The summed E-state index contributed by atoms with van der Waals surface area (Å²) in [5.74, 6) is 0.408. The van der Waals surface area contributed by atoms with Crippen molar-refractivity contribution in [2.45, 2.75) is 51.6 Å². The van der Waals surface area contributed by atoms with Crippen LogP contribution < -0.4 is 5.32 Å². The molecule has 0 radical (unpaired) electrons. The number of carbonyl (C=O) groups is 1. The summed E-state index contributed by atoms with van der Waals surface area (Å²) in [5, 5.41) is 3.38. The molecule has 4 nitrogen and oxygen atoms in total. The summed E-state index contributed by atoms with van der Waals surface area (Å²) in [7, 11) is 1.77. The maximum Gasteiger partial charge on any atom is 0.228 e. The Morgan fingerprint density at radius 1 is 1.32 bits per heavy atom. The van der Waals surface area contributed by atoms with Gasteiger partial charge in [0.15, 0.2) is 0 Å². The van der Waals surface area contributed by atoms with Gasteiger partial charge in [-0.25, -0.2) is 0 Å². The summed E-state index contributed by atoms with van der Waals surface area (Å²) in [4.78, 5) is 15.0. The van der Waals surface area contributed by atoms with Crippen molar-refractivity contribution in [2.75, 3.05) is 33.3 Å². The van der Waals surface area contributed by atoms with Crippen LogP contribution >= 0.6 is 0 Å². The third-order valence-corrected chi connectivity index (χ3v) is 4.81. The topological polar surface area (TPSA) is 41.6 Å². The molecule has 0 aromatic heterocycles. The number of amides is 1. The lowest BCUT2D eigenvalue weighted by atomic mass is 9.74. The summed E-state index contributed by atoms with van der Waals surface area (Å²) < 4.78 is 5.39. The van der Waals surface area contributed by atoms with Crippen molar-refractivity contribution in [1.29, 1.82) is 0 Å². The van der Waals surface area contributed by atoms with Crippen molar-refractivity contribution in [3.63, 3.8) is 0 Å². The van der Waals surface area contributed by atoms with Gasteiger partial charge < -0.3 is 15.0 Å². The Morgan fingerprint density at radius 3 is 2.47 bits per heavy atom. The Labute approximate surface area is 116 Å². The first-order valence-electron chi connectivity index (χ1n) is 7.75. The molecule has 1 amide bonds. The highest BCUT2D eigenvalue weighted by Crippen LogP contribution is 2.36. The third-order valence-electron chi connectivity index (χ3n) is 4.81. The lowest BCUT2D eigenvalue weighted by molar-refractivity contribution is -0.146. The number of nitrogens with zero attached hydrogens (tertiary/aromatic N) is 1. The molecule has 19 heavy (non-hydrogen) atoms. The van der Waals surface area contributed by atoms with E-state index < -0.39 is 0 Å². The second-order valence-corrected chi connectivity index (χ2v) is 6.01. The van der Waals surface area contributed by atoms with E-state index in [0.29, 0.717) is 12.0 Å². The Hall–Kier alpha value is -0.610. The van der Waals surface area contributed by atoms with Crippen LogP contribution in [0, 0.1) is 5.41 Å². The van der Waals surface area contributed by atoms with Crippen LogP contribution in [0.4, 0.5) is 0 Å². The smallest absolute Gasteiger partial charge is 0.228 e. The molecule has 2 saturated heterocycles. The van der Waals surface area contributed by atoms with E-state index in [0.717, 1.165) is 64.7 Å². The summed E-state index contributed by atoms with van der Waals surface area (Å²) in [6.45, 7) is 5.90. The van der Waals surface area contributed by atoms with E-state index in [2.05, 4.69) is 17.1 Å². The summed E-state index contributed by atoms with van der Waals surface area (Å²) in [6.07, 6.45) is 6.47. The zero-order valence-electron chi connectivity index (χ0n) is 12.4. The second kappa shape index (κ2) is 6.71. The van der Waals surface area contributed by atoms with E-state index in [9.17, 15) is 4.79 Å². The van der Waals surface area contributed by atoms with Crippen LogP contribution in [0.3, 0.4) is 0 Å². The Bertz CT molecular complexity index is 287. The molecule has 2 fully saturated rings. The average Bonchev–Trinajstić information content (AvgIpc) is 2.48. The van der Waals surface area contributed by atoms with Gasteiger partial charge in [-0.3, -0.25) is 4.79 Å². The minimum Gasteiger partial charge on any atom is -0.381 e. The summed E-state index contributed by atoms with van der Waals surface area (Å²) in [5.41, 5.74) is -0.0834. The summed E-state index contributed by atoms with van der Waals surface area (Å²) in [6, 6.07) is 0. The largest absolute Gasteiger partial charge is 0.381 e. The van der Waals surface area contributed by atoms with Crippen molar-refractivity contribution in [3.8, 4) is 0 Å². The molecule has 0 aliphatic carbocycles. The molecule has 2 aliphatic heterocycles. The lowest BCUT2D eigenvalue weighted by Gasteiger charge is -2.42. The number of hydrogen-bond donors (Lipinski definition) is 1. The number of rotatable bonds is 4. The average molecular weight is 268 g/mol. The molecule has 0 aromatic carbocycles. The maximum absolute atomic E-state index is 12.9. The van der Waals surface area contributed by atoms with E-state index in [1.807, 2.05) is 0 Å². The van der Waals surface area contributed by atoms with Crippen LogP contribution in [-0.2, 0) is 9.53 Å². The number of ether oxygens (including phenoxy) is 1. The third kappa shape index (κ3) is 3.29. The van der Waals surface area contributed by atoms with Crippen LogP contribution in [0.5, 0.6) is 0 Å². The van der Waals surface area contributed by atoms with Gasteiger partial charge in [-0.2, -0.15) is 0 Å². The predicted molar refractivity (Wildman–Crippen MR) is 76.1 cm³/mol. The van der Waals surface area contributed by atoms with Gasteiger partial charge in [0.25, 0.3) is 0 Å². The highest BCUT2D eigenvalue weighted by Gasteiger charge is 2.41. The standard InChI is InChI=1S/C15H28N2O2/c1-3-6-15(7-9-16-10-8-15)14(18)17-11-4-13(19-2)5-12-17/h13,16H,3-12H2,1-2H3. The van der Waals surface area contributed by atoms with Gasteiger partial charge in [0.2, 0.25) is 5.91 Å². The van der Waals surface area contributed by atoms with E-state index >= 15 is 0 Å². The number of piperidine rings is 2. The monoisotopic (exact) mass is 268 g/mol. The molecule has 1 N–H and O–H groups in total. The number of hydrogen-bond acceptors (Lipinski definition) is 3. The molecule has 2 aliphatic rings. The predicted octanol–water partition coefficient (Wildman–Crippen LogP) is 1.79.